The van der Waals surface area contributed by atoms with Crippen LogP contribution in [0, 0.1) is 6.92 Å². The van der Waals surface area contributed by atoms with Crippen molar-refractivity contribution < 1.29 is 4.39 Å². The standard InChI is InChI=1S/C9H13FN2/c1-8-4-2-5-9(12-8)11-7-3-6-10/h2,4-5H,3,6-7H2,1H3,(H,11,12). The van der Waals surface area contributed by atoms with Crippen molar-refractivity contribution in [2.45, 2.75) is 13.3 Å². The number of halogens is 1. The zero-order valence-electron chi connectivity index (χ0n) is 7.18. The normalized spacial score (nSPS) is 9.83. The maximum atomic E-state index is 11.7. The van der Waals surface area contributed by atoms with E-state index in [1.54, 1.807) is 0 Å². The lowest BCUT2D eigenvalue weighted by Crippen LogP contribution is -2.03. The predicted octanol–water partition coefficient (Wildman–Crippen LogP) is 2.16. The SMILES string of the molecule is Cc1cccc(NCCCF)n1. The van der Waals surface area contributed by atoms with Gasteiger partial charge >= 0.3 is 0 Å². The molecule has 12 heavy (non-hydrogen) atoms. The molecular weight excluding hydrogens is 155 g/mol. The molecule has 0 fully saturated rings. The highest BCUT2D eigenvalue weighted by atomic mass is 19.1. The van der Waals surface area contributed by atoms with Gasteiger partial charge in [0, 0.05) is 12.2 Å². The van der Waals surface area contributed by atoms with Crippen LogP contribution in [0.1, 0.15) is 12.1 Å². The molecule has 1 N–H and O–H groups in total. The number of hydrogen-bond acceptors (Lipinski definition) is 2. The molecule has 0 aliphatic heterocycles. The fourth-order valence-corrected chi connectivity index (χ4v) is 0.925. The number of pyridine rings is 1. The first-order chi connectivity index (χ1) is 5.83. The van der Waals surface area contributed by atoms with Crippen molar-refractivity contribution in [1.29, 1.82) is 0 Å². The first-order valence-corrected chi connectivity index (χ1v) is 4.06. The van der Waals surface area contributed by atoms with Gasteiger partial charge in [-0.25, -0.2) is 4.98 Å². The molecule has 0 saturated carbocycles. The zero-order valence-corrected chi connectivity index (χ0v) is 7.18. The molecule has 1 rings (SSSR count). The van der Waals surface area contributed by atoms with Gasteiger partial charge in [-0.05, 0) is 25.5 Å². The number of aryl methyl sites for hydroxylation is 1. The average molecular weight is 168 g/mol. The Morgan fingerprint density at radius 1 is 1.50 bits per heavy atom. The van der Waals surface area contributed by atoms with Crippen LogP contribution in [0.2, 0.25) is 0 Å². The Morgan fingerprint density at radius 2 is 2.33 bits per heavy atom. The molecule has 0 spiro atoms. The van der Waals surface area contributed by atoms with Crippen LogP contribution in [0.15, 0.2) is 18.2 Å². The van der Waals surface area contributed by atoms with Crippen LogP contribution in [0.5, 0.6) is 0 Å². The minimum atomic E-state index is -0.279. The van der Waals surface area contributed by atoms with E-state index < -0.39 is 0 Å². The summed E-state index contributed by atoms with van der Waals surface area (Å²) in [5.41, 5.74) is 0.972. The third-order valence-electron chi connectivity index (χ3n) is 1.50. The van der Waals surface area contributed by atoms with Crippen molar-refractivity contribution in [3.63, 3.8) is 0 Å². The van der Waals surface area contributed by atoms with E-state index in [0.29, 0.717) is 13.0 Å². The van der Waals surface area contributed by atoms with Gasteiger partial charge in [0.05, 0.1) is 6.67 Å². The molecule has 66 valence electrons. The van der Waals surface area contributed by atoms with Crippen molar-refractivity contribution in [2.75, 3.05) is 18.5 Å². The summed E-state index contributed by atoms with van der Waals surface area (Å²) in [5, 5.41) is 3.04. The summed E-state index contributed by atoms with van der Waals surface area (Å²) < 4.78 is 11.7. The van der Waals surface area contributed by atoms with Gasteiger partial charge in [-0.1, -0.05) is 6.07 Å². The number of anilines is 1. The molecule has 3 heteroatoms. The van der Waals surface area contributed by atoms with Gasteiger partial charge in [0.25, 0.3) is 0 Å². The average Bonchev–Trinajstić information content (AvgIpc) is 2.05. The Balaban J connectivity index is 2.41. The lowest BCUT2D eigenvalue weighted by Gasteiger charge is -2.03. The van der Waals surface area contributed by atoms with E-state index in [0.717, 1.165) is 11.5 Å². The number of rotatable bonds is 4. The van der Waals surface area contributed by atoms with Crippen LogP contribution >= 0.6 is 0 Å². The summed E-state index contributed by atoms with van der Waals surface area (Å²) >= 11 is 0. The number of alkyl halides is 1. The van der Waals surface area contributed by atoms with Gasteiger partial charge in [0.2, 0.25) is 0 Å². The van der Waals surface area contributed by atoms with Crippen molar-refractivity contribution in [3.8, 4) is 0 Å². The Kier molecular flexibility index (Phi) is 3.51. The van der Waals surface area contributed by atoms with E-state index in [1.807, 2.05) is 25.1 Å². The van der Waals surface area contributed by atoms with Gasteiger partial charge in [-0.3, -0.25) is 4.39 Å². The van der Waals surface area contributed by atoms with Crippen molar-refractivity contribution in [3.05, 3.63) is 23.9 Å². The van der Waals surface area contributed by atoms with Gasteiger partial charge < -0.3 is 5.32 Å². The van der Waals surface area contributed by atoms with E-state index in [1.165, 1.54) is 0 Å². The highest BCUT2D eigenvalue weighted by Crippen LogP contribution is 2.03. The Morgan fingerprint density at radius 3 is 3.00 bits per heavy atom. The molecule has 1 aromatic rings. The van der Waals surface area contributed by atoms with Gasteiger partial charge in [-0.2, -0.15) is 0 Å². The van der Waals surface area contributed by atoms with Gasteiger partial charge in [0.15, 0.2) is 0 Å². The third-order valence-corrected chi connectivity index (χ3v) is 1.50. The number of aromatic nitrogens is 1. The maximum Gasteiger partial charge on any atom is 0.126 e. The lowest BCUT2D eigenvalue weighted by atomic mass is 10.3. The number of nitrogens with zero attached hydrogens (tertiary/aromatic N) is 1. The first kappa shape index (κ1) is 8.97. The molecule has 0 atom stereocenters. The second-order valence-corrected chi connectivity index (χ2v) is 2.63. The lowest BCUT2D eigenvalue weighted by molar-refractivity contribution is 0.481. The summed E-state index contributed by atoms with van der Waals surface area (Å²) in [5.74, 6) is 0.823. The predicted molar refractivity (Wildman–Crippen MR) is 48.1 cm³/mol. The third kappa shape index (κ3) is 2.86. The van der Waals surface area contributed by atoms with E-state index >= 15 is 0 Å². The van der Waals surface area contributed by atoms with Crippen LogP contribution in [-0.4, -0.2) is 18.2 Å². The summed E-state index contributed by atoms with van der Waals surface area (Å²) in [6, 6.07) is 5.74. The fraction of sp³-hybridized carbons (Fsp3) is 0.444. The minimum absolute atomic E-state index is 0.279. The quantitative estimate of drug-likeness (QED) is 0.697. The second-order valence-electron chi connectivity index (χ2n) is 2.63. The zero-order chi connectivity index (χ0) is 8.81. The molecule has 1 aromatic heterocycles. The van der Waals surface area contributed by atoms with Crippen LogP contribution in [0.3, 0.4) is 0 Å². The molecule has 0 aliphatic carbocycles. The van der Waals surface area contributed by atoms with E-state index in [-0.39, 0.29) is 6.67 Å². The summed E-state index contributed by atoms with van der Waals surface area (Å²) in [6.45, 7) is 2.30. The topological polar surface area (TPSA) is 24.9 Å². The van der Waals surface area contributed by atoms with Gasteiger partial charge in [0.1, 0.15) is 5.82 Å². The van der Waals surface area contributed by atoms with Gasteiger partial charge in [-0.15, -0.1) is 0 Å². The van der Waals surface area contributed by atoms with Crippen LogP contribution in [-0.2, 0) is 0 Å². The highest BCUT2D eigenvalue weighted by Gasteiger charge is 1.91. The Bertz CT molecular complexity index is 238. The first-order valence-electron chi connectivity index (χ1n) is 4.06. The van der Waals surface area contributed by atoms with Crippen LogP contribution in [0.25, 0.3) is 0 Å². The number of nitrogens with one attached hydrogen (secondary N) is 1. The summed E-state index contributed by atoms with van der Waals surface area (Å²) in [6.07, 6.45) is 0.537. The second kappa shape index (κ2) is 4.70. The molecule has 0 amide bonds. The van der Waals surface area contributed by atoms with Crippen molar-refractivity contribution in [1.82, 2.24) is 4.98 Å². The van der Waals surface area contributed by atoms with Crippen molar-refractivity contribution >= 4 is 5.82 Å². The number of hydrogen-bond donors (Lipinski definition) is 1. The van der Waals surface area contributed by atoms with Crippen molar-refractivity contribution in [2.24, 2.45) is 0 Å². The monoisotopic (exact) mass is 168 g/mol. The smallest absolute Gasteiger partial charge is 0.126 e. The molecule has 2 nitrogen and oxygen atoms in total. The molecule has 0 aliphatic rings. The summed E-state index contributed by atoms with van der Waals surface area (Å²) in [7, 11) is 0. The summed E-state index contributed by atoms with van der Waals surface area (Å²) in [4.78, 5) is 4.21. The molecule has 0 unspecified atom stereocenters. The van der Waals surface area contributed by atoms with E-state index in [9.17, 15) is 4.39 Å². The molecular formula is C9H13FN2. The fourth-order valence-electron chi connectivity index (χ4n) is 0.925. The molecule has 0 saturated heterocycles. The minimum Gasteiger partial charge on any atom is -0.370 e. The molecule has 0 bridgehead atoms. The Hall–Kier alpha value is -1.12. The molecule has 0 radical (unpaired) electrons. The van der Waals surface area contributed by atoms with Crippen LogP contribution in [0.4, 0.5) is 10.2 Å². The Labute approximate surface area is 71.8 Å². The molecule has 1 heterocycles. The van der Waals surface area contributed by atoms with E-state index in [4.69, 9.17) is 0 Å². The molecule has 0 aromatic carbocycles. The highest BCUT2D eigenvalue weighted by molar-refractivity contribution is 5.34. The maximum absolute atomic E-state index is 11.7. The van der Waals surface area contributed by atoms with Crippen LogP contribution < -0.4 is 5.32 Å². The van der Waals surface area contributed by atoms with E-state index in [2.05, 4.69) is 10.3 Å². The largest absolute Gasteiger partial charge is 0.370 e.